The molecule has 1 rings (SSSR count). The van der Waals surface area contributed by atoms with E-state index in [9.17, 15) is 0 Å². The zero-order valence-electron chi connectivity index (χ0n) is 8.05. The van der Waals surface area contributed by atoms with E-state index < -0.39 is 0 Å². The number of halogens is 1. The van der Waals surface area contributed by atoms with Crippen LogP contribution >= 0.6 is 0 Å². The molecule has 12 heavy (non-hydrogen) atoms. The highest BCUT2D eigenvalue weighted by atomic mass is 35.5. The van der Waals surface area contributed by atoms with Crippen molar-refractivity contribution < 1.29 is 12.4 Å². The van der Waals surface area contributed by atoms with Gasteiger partial charge in [-0.05, 0) is 6.42 Å². The average Bonchev–Trinajstić information content (AvgIpc) is 2.31. The molecule has 0 aromatic carbocycles. The summed E-state index contributed by atoms with van der Waals surface area (Å²) in [5.41, 5.74) is 0. The molecular weight excluding hydrogens is 172 g/mol. The Balaban J connectivity index is 0.00000121. The average molecular weight is 189 g/mol. The van der Waals surface area contributed by atoms with Gasteiger partial charge in [-0.3, -0.25) is 0 Å². The highest BCUT2D eigenvalue weighted by Crippen LogP contribution is 2.01. The van der Waals surface area contributed by atoms with E-state index >= 15 is 0 Å². The Morgan fingerprint density at radius 1 is 1.33 bits per heavy atom. The predicted octanol–water partition coefficient (Wildman–Crippen LogP) is -0.780. The minimum absolute atomic E-state index is 0. The van der Waals surface area contributed by atoms with Crippen LogP contribution in [0.3, 0.4) is 0 Å². The molecule has 3 heteroatoms. The maximum absolute atomic E-state index is 2.30. The summed E-state index contributed by atoms with van der Waals surface area (Å²) in [6.45, 7) is 5.53. The molecule has 0 aliphatic rings. The van der Waals surface area contributed by atoms with Gasteiger partial charge in [0.1, 0.15) is 0 Å². The van der Waals surface area contributed by atoms with Crippen LogP contribution in [0.4, 0.5) is 0 Å². The van der Waals surface area contributed by atoms with Crippen molar-refractivity contribution in [2.45, 2.75) is 33.2 Å². The fourth-order valence-corrected chi connectivity index (χ4v) is 1.16. The summed E-state index contributed by atoms with van der Waals surface area (Å²) in [6.07, 6.45) is 6.78. The molecule has 70 valence electrons. The van der Waals surface area contributed by atoms with Crippen molar-refractivity contribution in [1.29, 1.82) is 0 Å². The molecule has 0 saturated carbocycles. The summed E-state index contributed by atoms with van der Waals surface area (Å²) in [6, 6.07) is 0. The molecule has 0 spiro atoms. The third-order valence-corrected chi connectivity index (χ3v) is 2.15. The van der Waals surface area contributed by atoms with Gasteiger partial charge in [-0.2, -0.15) is 0 Å². The Morgan fingerprint density at radius 3 is 2.42 bits per heavy atom. The fourth-order valence-electron chi connectivity index (χ4n) is 1.16. The number of aromatic nitrogens is 2. The lowest BCUT2D eigenvalue weighted by atomic mass is 10.3. The summed E-state index contributed by atoms with van der Waals surface area (Å²) in [5, 5.41) is 0. The first-order valence-electron chi connectivity index (χ1n) is 4.27. The second-order valence-electron chi connectivity index (χ2n) is 3.00. The third kappa shape index (κ3) is 2.52. The van der Waals surface area contributed by atoms with E-state index in [1.165, 1.54) is 18.7 Å². The lowest BCUT2D eigenvalue weighted by Gasteiger charge is -1.97. The van der Waals surface area contributed by atoms with Crippen LogP contribution in [0.5, 0.6) is 0 Å². The van der Waals surface area contributed by atoms with Gasteiger partial charge in [0.15, 0.2) is 18.2 Å². The quantitative estimate of drug-likeness (QED) is 0.551. The minimum Gasteiger partial charge on any atom is -1.00 e. The third-order valence-electron chi connectivity index (χ3n) is 2.15. The number of imidazole rings is 1. The van der Waals surface area contributed by atoms with E-state index in [4.69, 9.17) is 0 Å². The molecule has 0 N–H and O–H groups in total. The maximum Gasteiger partial charge on any atom is 0.185 e. The summed E-state index contributed by atoms with van der Waals surface area (Å²) in [7, 11) is 2.08. The highest BCUT2D eigenvalue weighted by Gasteiger charge is 2.05. The Morgan fingerprint density at radius 2 is 2.00 bits per heavy atom. The van der Waals surface area contributed by atoms with E-state index in [1.54, 1.807) is 0 Å². The van der Waals surface area contributed by atoms with Gasteiger partial charge in [0.2, 0.25) is 0 Å². The fraction of sp³-hybridized carbons (Fsp3) is 0.667. The molecule has 2 nitrogen and oxygen atoms in total. The van der Waals surface area contributed by atoms with Gasteiger partial charge in [-0.1, -0.05) is 13.3 Å². The van der Waals surface area contributed by atoms with Crippen LogP contribution in [0.2, 0.25) is 0 Å². The molecule has 1 heterocycles. The first kappa shape index (κ1) is 11.5. The summed E-state index contributed by atoms with van der Waals surface area (Å²) in [4.78, 5) is 0. The summed E-state index contributed by atoms with van der Waals surface area (Å²) in [5.74, 6) is 1.33. The van der Waals surface area contributed by atoms with Gasteiger partial charge in [0.25, 0.3) is 0 Å². The normalized spacial score (nSPS) is 9.58. The van der Waals surface area contributed by atoms with E-state index in [0.717, 1.165) is 6.54 Å². The number of hydrogen-bond acceptors (Lipinski definition) is 0. The molecule has 1 aromatic heterocycles. The summed E-state index contributed by atoms with van der Waals surface area (Å²) >= 11 is 0. The smallest absolute Gasteiger partial charge is 0.185 e. The van der Waals surface area contributed by atoms with Crippen LogP contribution in [0, 0.1) is 6.92 Å². The molecular formula is C9H17ClN2. The Labute approximate surface area is 80.6 Å². The topological polar surface area (TPSA) is 9.86 Å². The zero-order valence-corrected chi connectivity index (χ0v) is 8.80. The Hall–Kier alpha value is -0.500. The predicted molar refractivity (Wildman–Crippen MR) is 47.5 cm³/mol. The Bertz CT molecular complexity index is 230. The first-order chi connectivity index (χ1) is 5.25. The van der Waals surface area contributed by atoms with Gasteiger partial charge in [0.05, 0.1) is 6.54 Å². The second kappa shape index (κ2) is 5.20. The van der Waals surface area contributed by atoms with Crippen molar-refractivity contribution in [3.63, 3.8) is 0 Å². The molecule has 0 saturated heterocycles. The van der Waals surface area contributed by atoms with Gasteiger partial charge in [-0.25, -0.2) is 9.13 Å². The number of nitrogens with zero attached hydrogens (tertiary/aromatic N) is 2. The number of aryl methyl sites for hydroxylation is 2. The summed E-state index contributed by atoms with van der Waals surface area (Å²) < 4.78 is 4.44. The first-order valence-corrected chi connectivity index (χ1v) is 4.27. The molecule has 0 bridgehead atoms. The van der Waals surface area contributed by atoms with Crippen LogP contribution in [-0.4, -0.2) is 9.13 Å². The zero-order chi connectivity index (χ0) is 8.27. The van der Waals surface area contributed by atoms with Crippen molar-refractivity contribution in [2.75, 3.05) is 0 Å². The number of hydrogen-bond donors (Lipinski definition) is 0. The number of unbranched alkanes of at least 4 members (excludes halogenated alkanes) is 1. The standard InChI is InChI=1S/C9H17N2.ClH/c1-4-5-6-11-8-7-10(3)9(11)2;/h7-8H,4-6H2,1-3H3;1H/q+1;/p-1. The van der Waals surface area contributed by atoms with Crippen molar-refractivity contribution in [3.8, 4) is 0 Å². The molecule has 0 aliphatic carbocycles. The Kier molecular flexibility index (Phi) is 4.98. The second-order valence-corrected chi connectivity index (χ2v) is 3.00. The van der Waals surface area contributed by atoms with Crippen LogP contribution in [0.25, 0.3) is 0 Å². The van der Waals surface area contributed by atoms with Crippen molar-refractivity contribution >= 4 is 0 Å². The highest BCUT2D eigenvalue weighted by molar-refractivity contribution is 4.91. The monoisotopic (exact) mass is 188 g/mol. The molecule has 0 aliphatic heterocycles. The van der Waals surface area contributed by atoms with Crippen LogP contribution in [0.1, 0.15) is 25.6 Å². The van der Waals surface area contributed by atoms with E-state index in [-0.39, 0.29) is 12.4 Å². The minimum atomic E-state index is 0. The molecule has 0 radical (unpaired) electrons. The maximum atomic E-state index is 2.30. The van der Waals surface area contributed by atoms with E-state index in [0.29, 0.717) is 0 Å². The lowest BCUT2D eigenvalue weighted by molar-refractivity contribution is -0.00000258. The van der Waals surface area contributed by atoms with Gasteiger partial charge in [-0.15, -0.1) is 0 Å². The molecule has 0 fully saturated rings. The van der Waals surface area contributed by atoms with Gasteiger partial charge >= 0.3 is 0 Å². The van der Waals surface area contributed by atoms with Crippen molar-refractivity contribution in [1.82, 2.24) is 9.13 Å². The molecule has 0 atom stereocenters. The van der Waals surface area contributed by atoms with E-state index in [2.05, 4.69) is 42.4 Å². The molecule has 1 aromatic rings. The van der Waals surface area contributed by atoms with Gasteiger partial charge in [0, 0.05) is 14.0 Å². The van der Waals surface area contributed by atoms with Crippen molar-refractivity contribution in [2.24, 2.45) is 7.05 Å². The SMILES string of the molecule is CCCCn1ccn(C)[c+]1C.[Cl-]. The van der Waals surface area contributed by atoms with Crippen molar-refractivity contribution in [3.05, 3.63) is 18.2 Å². The van der Waals surface area contributed by atoms with Crippen LogP contribution < -0.4 is 12.4 Å². The largest absolute Gasteiger partial charge is 1.00 e. The van der Waals surface area contributed by atoms with Gasteiger partial charge < -0.3 is 12.4 Å². The van der Waals surface area contributed by atoms with Crippen LogP contribution in [0.15, 0.2) is 12.4 Å². The van der Waals surface area contributed by atoms with E-state index in [1.807, 2.05) is 0 Å². The number of rotatable bonds is 3. The lowest BCUT2D eigenvalue weighted by Crippen LogP contribution is -3.00. The molecule has 0 amide bonds. The van der Waals surface area contributed by atoms with Crippen LogP contribution in [-0.2, 0) is 13.6 Å². The molecule has 0 unspecified atom stereocenters.